The van der Waals surface area contributed by atoms with Crippen molar-refractivity contribution in [1.29, 1.82) is 0 Å². The van der Waals surface area contributed by atoms with E-state index in [0.29, 0.717) is 17.9 Å². The zero-order chi connectivity index (χ0) is 20.8. The third kappa shape index (κ3) is 5.14. The van der Waals surface area contributed by atoms with E-state index in [1.165, 1.54) is 23.7 Å². The number of hydrogen-bond donors (Lipinski definition) is 2. The van der Waals surface area contributed by atoms with Gasteiger partial charge in [-0.1, -0.05) is 54.2 Å². The summed E-state index contributed by atoms with van der Waals surface area (Å²) in [4.78, 5) is 21.3. The maximum Gasteiger partial charge on any atom is 0.251 e. The number of rotatable bonds is 8. The second-order valence-electron chi connectivity index (χ2n) is 6.69. The van der Waals surface area contributed by atoms with E-state index < -0.39 is 0 Å². The molecule has 4 aromatic rings. The van der Waals surface area contributed by atoms with Gasteiger partial charge >= 0.3 is 0 Å². The van der Waals surface area contributed by atoms with Crippen molar-refractivity contribution in [3.05, 3.63) is 81.9 Å². The Kier molecular flexibility index (Phi) is 6.56. The van der Waals surface area contributed by atoms with Gasteiger partial charge < -0.3 is 5.32 Å². The maximum atomic E-state index is 12.7. The van der Waals surface area contributed by atoms with Crippen LogP contribution in [-0.4, -0.2) is 32.6 Å². The number of carbonyl (C=O) groups excluding carboxylic acids is 1. The van der Waals surface area contributed by atoms with Gasteiger partial charge in [-0.05, 0) is 30.5 Å². The molecule has 2 N–H and O–H groups in total. The van der Waals surface area contributed by atoms with Crippen LogP contribution in [0.25, 0.3) is 11.3 Å². The number of thiazole rings is 1. The van der Waals surface area contributed by atoms with E-state index in [0.717, 1.165) is 33.4 Å². The van der Waals surface area contributed by atoms with Crippen LogP contribution in [0.5, 0.6) is 0 Å². The number of benzene rings is 2. The molecule has 0 fully saturated rings. The van der Waals surface area contributed by atoms with Crippen molar-refractivity contribution < 1.29 is 4.79 Å². The number of nitrogens with one attached hydrogen (secondary N) is 2. The van der Waals surface area contributed by atoms with E-state index in [9.17, 15) is 4.79 Å². The van der Waals surface area contributed by atoms with Crippen molar-refractivity contribution in [2.75, 3.05) is 6.54 Å². The fourth-order valence-corrected chi connectivity index (χ4v) is 4.44. The van der Waals surface area contributed by atoms with Crippen molar-refractivity contribution in [2.45, 2.75) is 24.3 Å². The van der Waals surface area contributed by atoms with Crippen molar-refractivity contribution in [1.82, 2.24) is 25.5 Å². The van der Waals surface area contributed by atoms with E-state index in [2.05, 4.69) is 55.1 Å². The molecule has 4 rings (SSSR count). The van der Waals surface area contributed by atoms with Crippen LogP contribution in [0.2, 0.25) is 0 Å². The first-order chi connectivity index (χ1) is 14.7. The molecule has 2 aromatic carbocycles. The van der Waals surface area contributed by atoms with Crippen molar-refractivity contribution in [3.8, 4) is 11.3 Å². The van der Waals surface area contributed by atoms with Gasteiger partial charge in [0.1, 0.15) is 6.33 Å². The lowest BCUT2D eigenvalue weighted by Gasteiger charge is -2.10. The molecule has 8 heteroatoms. The fourth-order valence-electron chi connectivity index (χ4n) is 3.03. The number of thioether (sulfide) groups is 1. The van der Waals surface area contributed by atoms with Crippen LogP contribution < -0.4 is 5.32 Å². The third-order valence-electron chi connectivity index (χ3n) is 4.59. The van der Waals surface area contributed by atoms with E-state index in [1.807, 2.05) is 31.2 Å². The summed E-state index contributed by atoms with van der Waals surface area (Å²) < 4.78 is 0. The average Bonchev–Trinajstić information content (AvgIpc) is 3.45. The molecule has 0 atom stereocenters. The monoisotopic (exact) mass is 435 g/mol. The summed E-state index contributed by atoms with van der Waals surface area (Å²) in [5, 5.41) is 13.6. The van der Waals surface area contributed by atoms with Gasteiger partial charge in [0.05, 0.1) is 10.7 Å². The molecule has 2 aromatic heterocycles. The molecular weight excluding hydrogens is 414 g/mol. The first kappa shape index (κ1) is 20.3. The van der Waals surface area contributed by atoms with Crippen LogP contribution in [0.3, 0.4) is 0 Å². The average molecular weight is 436 g/mol. The van der Waals surface area contributed by atoms with E-state index in [4.69, 9.17) is 0 Å². The van der Waals surface area contributed by atoms with Gasteiger partial charge in [0.15, 0.2) is 5.16 Å². The highest BCUT2D eigenvalue weighted by Crippen LogP contribution is 2.22. The Hall–Kier alpha value is -2.97. The lowest BCUT2D eigenvalue weighted by atomic mass is 10.1. The number of aryl methyl sites for hydroxylation is 1. The van der Waals surface area contributed by atoms with Crippen LogP contribution in [0.1, 0.15) is 26.5 Å². The van der Waals surface area contributed by atoms with Crippen LogP contribution in [-0.2, 0) is 12.2 Å². The topological polar surface area (TPSA) is 83.6 Å². The molecule has 0 spiro atoms. The van der Waals surface area contributed by atoms with Gasteiger partial charge in [-0.2, -0.15) is 5.10 Å². The lowest BCUT2D eigenvalue weighted by Crippen LogP contribution is -2.26. The predicted molar refractivity (Wildman–Crippen MR) is 121 cm³/mol. The van der Waals surface area contributed by atoms with E-state index in [-0.39, 0.29) is 5.91 Å². The van der Waals surface area contributed by atoms with Gasteiger partial charge in [0.2, 0.25) is 0 Å². The molecule has 2 heterocycles. The number of hydrogen-bond acceptors (Lipinski definition) is 6. The van der Waals surface area contributed by atoms with Crippen molar-refractivity contribution in [2.24, 2.45) is 0 Å². The first-order valence-electron chi connectivity index (χ1n) is 9.55. The molecule has 0 saturated carbocycles. The molecule has 0 bridgehead atoms. The normalized spacial score (nSPS) is 10.8. The smallest absolute Gasteiger partial charge is 0.251 e. The van der Waals surface area contributed by atoms with Crippen LogP contribution in [0, 0.1) is 6.92 Å². The Balaban J connectivity index is 1.31. The molecular formula is C22H21N5OS2. The SMILES string of the molecule is Cc1nc(-c2ccc(CCNC(=O)c3ccccc3CSc3ncn[nH]3)cc2)cs1. The summed E-state index contributed by atoms with van der Waals surface area (Å²) in [7, 11) is 0. The number of aromatic amines is 1. The van der Waals surface area contributed by atoms with Crippen LogP contribution >= 0.6 is 23.1 Å². The molecule has 6 nitrogen and oxygen atoms in total. The molecule has 1 amide bonds. The van der Waals surface area contributed by atoms with Gasteiger partial charge in [-0.15, -0.1) is 11.3 Å². The molecule has 0 aliphatic rings. The number of amides is 1. The summed E-state index contributed by atoms with van der Waals surface area (Å²) in [6.45, 7) is 2.59. The summed E-state index contributed by atoms with van der Waals surface area (Å²) in [6.07, 6.45) is 2.25. The second kappa shape index (κ2) is 9.69. The molecule has 0 aliphatic carbocycles. The molecule has 0 saturated heterocycles. The Morgan fingerprint density at radius 2 is 2.00 bits per heavy atom. The molecule has 0 unspecified atom stereocenters. The fraction of sp³-hybridized carbons (Fsp3) is 0.182. The van der Waals surface area contributed by atoms with Gasteiger partial charge in [-0.25, -0.2) is 9.97 Å². The summed E-state index contributed by atoms with van der Waals surface area (Å²) in [6, 6.07) is 16.0. The zero-order valence-corrected chi connectivity index (χ0v) is 18.1. The van der Waals surface area contributed by atoms with Crippen molar-refractivity contribution >= 4 is 29.0 Å². The van der Waals surface area contributed by atoms with E-state index in [1.54, 1.807) is 11.3 Å². The lowest BCUT2D eigenvalue weighted by molar-refractivity contribution is 0.0953. The zero-order valence-electron chi connectivity index (χ0n) is 16.5. The summed E-state index contributed by atoms with van der Waals surface area (Å²) in [5.74, 6) is 0.592. The minimum atomic E-state index is -0.0571. The summed E-state index contributed by atoms with van der Waals surface area (Å²) in [5.41, 5.74) is 4.97. The molecule has 152 valence electrons. The maximum absolute atomic E-state index is 12.7. The first-order valence-corrected chi connectivity index (χ1v) is 11.4. The molecule has 0 aliphatic heterocycles. The number of aromatic nitrogens is 4. The Bertz CT molecular complexity index is 1110. The largest absolute Gasteiger partial charge is 0.352 e. The number of H-pyrrole nitrogens is 1. The Labute approximate surface area is 183 Å². The van der Waals surface area contributed by atoms with Crippen LogP contribution in [0.15, 0.2) is 65.4 Å². The minimum Gasteiger partial charge on any atom is -0.352 e. The highest BCUT2D eigenvalue weighted by Gasteiger charge is 2.11. The van der Waals surface area contributed by atoms with Crippen molar-refractivity contribution in [3.63, 3.8) is 0 Å². The standard InChI is InChI=1S/C22H21N5OS2/c1-15-26-20(13-29-15)17-8-6-16(7-9-17)10-11-23-21(28)19-5-3-2-4-18(19)12-30-22-24-14-25-27-22/h2-9,13-14H,10-12H2,1H3,(H,23,28)(H,24,25,27). The van der Waals surface area contributed by atoms with Gasteiger partial charge in [0, 0.05) is 28.8 Å². The third-order valence-corrected chi connectivity index (χ3v) is 6.29. The highest BCUT2D eigenvalue weighted by atomic mass is 32.2. The highest BCUT2D eigenvalue weighted by molar-refractivity contribution is 7.98. The predicted octanol–water partition coefficient (Wildman–Crippen LogP) is 4.50. The second-order valence-corrected chi connectivity index (χ2v) is 8.72. The minimum absolute atomic E-state index is 0.0571. The molecule has 30 heavy (non-hydrogen) atoms. The Morgan fingerprint density at radius 1 is 1.17 bits per heavy atom. The Morgan fingerprint density at radius 3 is 2.73 bits per heavy atom. The number of nitrogens with zero attached hydrogens (tertiary/aromatic N) is 3. The van der Waals surface area contributed by atoms with Crippen LogP contribution in [0.4, 0.5) is 0 Å². The van der Waals surface area contributed by atoms with Gasteiger partial charge in [-0.3, -0.25) is 9.89 Å². The summed E-state index contributed by atoms with van der Waals surface area (Å²) >= 11 is 3.17. The molecule has 0 radical (unpaired) electrons. The van der Waals surface area contributed by atoms with Gasteiger partial charge in [0.25, 0.3) is 5.91 Å². The number of carbonyl (C=O) groups is 1. The quantitative estimate of drug-likeness (QED) is 0.398. The van der Waals surface area contributed by atoms with E-state index >= 15 is 0 Å².